The molecule has 2 N–H and O–H groups in total. The maximum Gasteiger partial charge on any atom is 0.328 e. The van der Waals surface area contributed by atoms with Crippen LogP contribution in [0.25, 0.3) is 0 Å². The van der Waals surface area contributed by atoms with E-state index in [2.05, 4.69) is 10.6 Å². The number of hydrogen-bond acceptors (Lipinski definition) is 9. The summed E-state index contributed by atoms with van der Waals surface area (Å²) in [5.74, 6) is -1.27. The summed E-state index contributed by atoms with van der Waals surface area (Å²) in [7, 11) is 1.19. The molecule has 2 atom stereocenters. The molecule has 0 aliphatic carbocycles. The van der Waals surface area contributed by atoms with Crippen molar-refractivity contribution in [2.45, 2.75) is 25.4 Å². The van der Waals surface area contributed by atoms with Crippen molar-refractivity contribution < 1.29 is 28.9 Å². The Bertz CT molecular complexity index is 1050. The fourth-order valence-corrected chi connectivity index (χ4v) is 3.04. The van der Waals surface area contributed by atoms with Crippen LogP contribution in [0.2, 0.25) is 0 Å². The second-order valence-corrected chi connectivity index (χ2v) is 6.75. The minimum absolute atomic E-state index is 0.122. The van der Waals surface area contributed by atoms with Crippen LogP contribution < -0.4 is 15.4 Å². The molecule has 0 unspecified atom stereocenters. The highest BCUT2D eigenvalue weighted by molar-refractivity contribution is 5.90. The van der Waals surface area contributed by atoms with Gasteiger partial charge in [0.1, 0.15) is 23.5 Å². The van der Waals surface area contributed by atoms with E-state index in [0.717, 1.165) is 12.1 Å². The van der Waals surface area contributed by atoms with Gasteiger partial charge in [0.25, 0.3) is 5.69 Å². The van der Waals surface area contributed by atoms with Gasteiger partial charge < -0.3 is 20.1 Å². The summed E-state index contributed by atoms with van der Waals surface area (Å²) in [5, 5.41) is 28.1. The first-order chi connectivity index (χ1) is 14.7. The van der Waals surface area contributed by atoms with Crippen molar-refractivity contribution in [3.63, 3.8) is 0 Å². The first kappa shape index (κ1) is 21.5. The number of rotatable bonds is 3. The molecule has 4 bridgehead atoms. The number of ether oxygens (including phenoxy) is 2. The zero-order chi connectivity index (χ0) is 22.7. The van der Waals surface area contributed by atoms with Gasteiger partial charge in [0.05, 0.1) is 23.0 Å². The maximum atomic E-state index is 12.6. The lowest BCUT2D eigenvalue weighted by Crippen LogP contribution is -2.48. The number of nitrogens with one attached hydrogen (secondary N) is 2. The molecule has 12 heteroatoms. The summed E-state index contributed by atoms with van der Waals surface area (Å²) < 4.78 is 10.4. The zero-order valence-corrected chi connectivity index (χ0v) is 16.5. The molecular formula is C19H18N4O8. The van der Waals surface area contributed by atoms with Crippen LogP contribution in [0.15, 0.2) is 36.4 Å². The topological polar surface area (TPSA) is 163 Å². The highest BCUT2D eigenvalue weighted by atomic mass is 16.6. The molecule has 0 spiro atoms. The first-order valence-electron chi connectivity index (χ1n) is 9.08. The van der Waals surface area contributed by atoms with Gasteiger partial charge in [0, 0.05) is 12.5 Å². The van der Waals surface area contributed by atoms with E-state index in [1.807, 2.05) is 0 Å². The molecule has 0 aromatic heterocycles. The van der Waals surface area contributed by atoms with Crippen molar-refractivity contribution >= 4 is 28.9 Å². The number of benzene rings is 2. The second-order valence-electron chi connectivity index (χ2n) is 6.75. The van der Waals surface area contributed by atoms with E-state index in [-0.39, 0.29) is 23.6 Å². The van der Waals surface area contributed by atoms with E-state index in [1.165, 1.54) is 26.2 Å². The smallest absolute Gasteiger partial charge is 0.328 e. The van der Waals surface area contributed by atoms with Gasteiger partial charge in [-0.05, 0) is 24.6 Å². The lowest BCUT2D eigenvalue weighted by molar-refractivity contribution is -0.394. The lowest BCUT2D eigenvalue weighted by atomic mass is 10.0. The Morgan fingerprint density at radius 1 is 1.10 bits per heavy atom. The number of anilines is 1. The molecule has 2 aliphatic heterocycles. The molecule has 1 amide bonds. The van der Waals surface area contributed by atoms with Gasteiger partial charge in [-0.2, -0.15) is 0 Å². The van der Waals surface area contributed by atoms with Crippen LogP contribution in [0.5, 0.6) is 11.5 Å². The third-order valence-electron chi connectivity index (χ3n) is 4.63. The minimum Gasteiger partial charge on any atom is -0.467 e. The van der Waals surface area contributed by atoms with Crippen LogP contribution in [-0.2, 0) is 20.7 Å². The van der Waals surface area contributed by atoms with Crippen molar-refractivity contribution in [2.75, 3.05) is 12.4 Å². The predicted octanol–water partition coefficient (Wildman–Crippen LogP) is 2.31. The van der Waals surface area contributed by atoms with Crippen molar-refractivity contribution in [1.29, 1.82) is 0 Å². The van der Waals surface area contributed by atoms with Gasteiger partial charge in [-0.1, -0.05) is 12.1 Å². The van der Waals surface area contributed by atoms with Gasteiger partial charge in [-0.3, -0.25) is 25.0 Å². The van der Waals surface area contributed by atoms with Crippen LogP contribution in [-0.4, -0.2) is 40.9 Å². The Hall–Kier alpha value is -4.22. The highest BCUT2D eigenvalue weighted by Crippen LogP contribution is 2.40. The van der Waals surface area contributed by atoms with Gasteiger partial charge >= 0.3 is 11.7 Å². The quantitative estimate of drug-likeness (QED) is 0.422. The summed E-state index contributed by atoms with van der Waals surface area (Å²) in [5.41, 5.74) is -0.682. The molecular weight excluding hydrogens is 412 g/mol. The first-order valence-corrected chi connectivity index (χ1v) is 9.08. The van der Waals surface area contributed by atoms with Crippen molar-refractivity contribution in [2.24, 2.45) is 0 Å². The highest BCUT2D eigenvalue weighted by Gasteiger charge is 2.30. The SMILES string of the molecule is COC(=O)[C@@H]1Cc2ccc(cc2)Oc2cc(c([N+](=O)[O-])cc2[N+](=O)[O-])N[C@@H](C)C(=O)N1. The number of hydrogen-bond donors (Lipinski definition) is 2. The maximum absolute atomic E-state index is 12.6. The molecule has 0 radical (unpaired) electrons. The summed E-state index contributed by atoms with van der Waals surface area (Å²) in [4.78, 5) is 46.1. The zero-order valence-electron chi connectivity index (χ0n) is 16.5. The predicted molar refractivity (Wildman–Crippen MR) is 107 cm³/mol. The Labute approximate surface area is 175 Å². The van der Waals surface area contributed by atoms with Crippen LogP contribution in [0.4, 0.5) is 17.1 Å². The average molecular weight is 430 g/mol. The molecule has 0 saturated carbocycles. The van der Waals surface area contributed by atoms with Crippen LogP contribution >= 0.6 is 0 Å². The third kappa shape index (κ3) is 4.69. The van der Waals surface area contributed by atoms with Gasteiger partial charge in [-0.25, -0.2) is 4.79 Å². The number of esters is 1. The van der Waals surface area contributed by atoms with E-state index < -0.39 is 45.2 Å². The van der Waals surface area contributed by atoms with Crippen molar-refractivity contribution in [3.8, 4) is 11.5 Å². The fraction of sp³-hybridized carbons (Fsp3) is 0.263. The molecule has 162 valence electrons. The summed E-state index contributed by atoms with van der Waals surface area (Å²) >= 11 is 0. The van der Waals surface area contributed by atoms with E-state index in [9.17, 15) is 29.8 Å². The van der Waals surface area contributed by atoms with Gasteiger partial charge in [-0.15, -0.1) is 0 Å². The van der Waals surface area contributed by atoms with Crippen LogP contribution in [0.1, 0.15) is 12.5 Å². The number of methoxy groups -OCH3 is 1. The van der Waals surface area contributed by atoms with E-state index in [1.54, 1.807) is 12.1 Å². The number of carbonyl (C=O) groups excluding carboxylic acids is 2. The van der Waals surface area contributed by atoms with Crippen molar-refractivity contribution in [3.05, 3.63) is 62.2 Å². The molecule has 2 aliphatic rings. The van der Waals surface area contributed by atoms with Crippen LogP contribution in [0, 0.1) is 20.2 Å². The number of amides is 1. The summed E-state index contributed by atoms with van der Waals surface area (Å²) in [6.45, 7) is 1.43. The molecule has 12 nitrogen and oxygen atoms in total. The fourth-order valence-electron chi connectivity index (χ4n) is 3.04. The van der Waals surface area contributed by atoms with E-state index in [0.29, 0.717) is 5.56 Å². The number of nitrogens with zero attached hydrogens (tertiary/aromatic N) is 2. The number of nitro benzene ring substituents is 2. The summed E-state index contributed by atoms with van der Waals surface area (Å²) in [6.07, 6.45) is 0.122. The molecule has 4 rings (SSSR count). The number of carbonyl (C=O) groups is 2. The third-order valence-corrected chi connectivity index (χ3v) is 4.63. The van der Waals surface area contributed by atoms with Gasteiger partial charge in [0.15, 0.2) is 0 Å². The second kappa shape index (κ2) is 8.65. The Morgan fingerprint density at radius 2 is 1.74 bits per heavy atom. The monoisotopic (exact) mass is 430 g/mol. The van der Waals surface area contributed by atoms with E-state index >= 15 is 0 Å². The largest absolute Gasteiger partial charge is 0.467 e. The Morgan fingerprint density at radius 3 is 2.32 bits per heavy atom. The van der Waals surface area contributed by atoms with E-state index in [4.69, 9.17) is 9.47 Å². The Balaban J connectivity index is 2.14. The average Bonchev–Trinajstić information content (AvgIpc) is 2.73. The minimum atomic E-state index is -1.02. The van der Waals surface area contributed by atoms with Crippen LogP contribution in [0.3, 0.4) is 0 Å². The van der Waals surface area contributed by atoms with Crippen molar-refractivity contribution in [1.82, 2.24) is 5.32 Å². The number of fused-ring (bicyclic) bond motifs is 7. The molecule has 2 aromatic carbocycles. The van der Waals surface area contributed by atoms with Gasteiger partial charge in [0.2, 0.25) is 11.7 Å². The molecule has 0 saturated heterocycles. The summed E-state index contributed by atoms with van der Waals surface area (Å²) in [6, 6.07) is 6.16. The normalized spacial score (nSPS) is 18.1. The molecule has 2 heterocycles. The standard InChI is InChI=1S/C19H18N4O8/c1-10-18(24)21-14(19(25)30-2)7-11-3-5-12(6-4-11)31-17-8-13(20-10)15(22(26)27)9-16(17)23(28)29/h3-6,8-10,14,20H,7H2,1-2H3,(H,21,24)/t10-,14-/m0/s1. The molecule has 31 heavy (non-hydrogen) atoms. The molecule has 0 fully saturated rings. The lowest BCUT2D eigenvalue weighted by Gasteiger charge is -2.21. The number of nitro groups is 2. The molecule has 2 aromatic rings. The Kier molecular flexibility index (Phi) is 6.00.